The normalized spacial score (nSPS) is 43.9. The van der Waals surface area contributed by atoms with Crippen molar-refractivity contribution in [2.24, 2.45) is 0 Å². The van der Waals surface area contributed by atoms with E-state index in [1.165, 1.54) is 0 Å². The molecule has 5 N–H and O–H groups in total. The molecule has 16 heteroatoms. The number of hydrogen-bond acceptors (Lipinski definition) is 11. The molecule has 0 bridgehead atoms. The molecule has 0 radical (unpaired) electrons. The first-order valence-electron chi connectivity index (χ1n) is 11.3. The summed E-state index contributed by atoms with van der Waals surface area (Å²) in [6, 6.07) is 0. The molecule has 2 aromatic rings. The molecule has 1 aliphatic rings. The zero-order valence-corrected chi connectivity index (χ0v) is 13.8. The van der Waals surface area contributed by atoms with E-state index in [1.807, 2.05) is 0 Å². The Hall–Kier alpha value is -0.665. The number of hydrogen-bond donors (Lipinski definition) is 4. The Balaban J connectivity index is 0.00000361. The summed E-state index contributed by atoms with van der Waals surface area (Å²) in [5.74, 6) is -1.10. The molecular formula is C10H12Li2N5O8P. The first-order valence-corrected chi connectivity index (χ1v) is 7.15. The summed E-state index contributed by atoms with van der Waals surface area (Å²) in [5, 5.41) is 7.97. The van der Waals surface area contributed by atoms with E-state index in [0.717, 1.165) is 0 Å². The van der Waals surface area contributed by atoms with Gasteiger partial charge in [-0.3, -0.25) is 14.3 Å². The van der Waals surface area contributed by atoms with Crippen molar-refractivity contribution < 1.29 is 85.4 Å². The fourth-order valence-corrected chi connectivity index (χ4v) is 1.85. The van der Waals surface area contributed by atoms with Crippen LogP contribution in [0.25, 0.3) is 11.2 Å². The van der Waals surface area contributed by atoms with Crippen LogP contribution >= 0.6 is 7.82 Å². The number of nitrogens with two attached hydrogens (primary N) is 1. The molecule has 13 nitrogen and oxygen atoms in total. The number of phosphoric acid groups is 1. The topological polar surface area (TPSA) is 212 Å². The number of anilines is 1. The third-order valence-electron chi connectivity index (χ3n) is 2.55. The summed E-state index contributed by atoms with van der Waals surface area (Å²) in [6.07, 6.45) is -17.5. The van der Waals surface area contributed by atoms with Crippen molar-refractivity contribution in [3.63, 3.8) is 0 Å². The molecule has 0 aliphatic carbocycles. The van der Waals surface area contributed by atoms with E-state index in [4.69, 9.17) is 21.4 Å². The Labute approximate surface area is 186 Å². The van der Waals surface area contributed by atoms with Gasteiger partial charge < -0.3 is 39.5 Å². The zero-order chi connectivity index (χ0) is 27.9. The third-order valence-corrected chi connectivity index (χ3v) is 2.87. The number of rotatable bonds is 7. The van der Waals surface area contributed by atoms with Crippen LogP contribution in [-0.4, -0.2) is 57.4 Å². The van der Waals surface area contributed by atoms with Crippen LogP contribution in [0.4, 0.5) is 5.95 Å². The summed E-state index contributed by atoms with van der Waals surface area (Å²) in [5.41, 5.74) is -3.80. The molecule has 26 heavy (non-hydrogen) atoms. The minimum Gasteiger partial charge on any atom is -0.790 e. The zero-order valence-electron chi connectivity index (χ0n) is 24.9. The van der Waals surface area contributed by atoms with Gasteiger partial charge in [-0.2, -0.15) is 4.98 Å². The number of imidazole rings is 1. The van der Waals surface area contributed by atoms with Crippen LogP contribution in [0.5, 0.6) is 0 Å². The summed E-state index contributed by atoms with van der Waals surface area (Å²) < 4.78 is 113. The first-order chi connectivity index (χ1) is 16.2. The van der Waals surface area contributed by atoms with Gasteiger partial charge in [0.05, 0.1) is 28.9 Å². The Morgan fingerprint density at radius 2 is 2.38 bits per heavy atom. The van der Waals surface area contributed by atoms with Gasteiger partial charge in [0.2, 0.25) is 8.81 Å². The summed E-state index contributed by atoms with van der Waals surface area (Å²) >= 11 is 0. The van der Waals surface area contributed by atoms with Gasteiger partial charge in [0, 0.05) is 0 Å². The number of fused-ring (bicyclic) bond motifs is 1. The van der Waals surface area contributed by atoms with E-state index in [9.17, 15) is 19.1 Å². The van der Waals surface area contributed by atoms with E-state index >= 15 is 0 Å². The molecule has 1 unspecified atom stereocenters. The standard InChI is InChI=1S/C10H14N5O8P.2Li/c11-10-13-7-4(8(18)14-10)12-2-15(7)9-6(17)5(16)3(23-9)1-22-24(19,20)21;;/h2-3,5-6,9,16-17H,1H2,(H2,19,20,21)(H3,11,13,14,18);;/q;2*+1/p-2/t3-,5-,6?,9-;;/m1../s1/i1D2,2D,3D,5D,6D,9D,11+1,12+1,13+1,14+1,15+1,16D,17D;;/hD3. The Morgan fingerprint density at radius 3 is 3.00 bits per heavy atom. The van der Waals surface area contributed by atoms with Crippen LogP contribution in [0.1, 0.15) is 15.8 Å². The second-order valence-corrected chi connectivity index (χ2v) is 5.16. The second-order valence-electron chi connectivity index (χ2n) is 4.08. The van der Waals surface area contributed by atoms with E-state index in [-0.39, 0.29) is 53.0 Å². The molecular weight excluding hydrogens is 368 g/mol. The molecule has 0 amide bonds. The van der Waals surface area contributed by atoms with Crippen LogP contribution in [-0.2, 0) is 13.8 Å². The van der Waals surface area contributed by atoms with Gasteiger partial charge in [-0.25, -0.2) is 4.98 Å². The minimum absolute atomic E-state index is 0. The summed E-state index contributed by atoms with van der Waals surface area (Å²) in [4.78, 5) is 41.4. The number of aliphatic hydroxyl groups is 2. The van der Waals surface area contributed by atoms with Crippen molar-refractivity contribution in [1.82, 2.24) is 19.5 Å². The SMILES string of the molecule is [2H]OC1([2H])[C@]([2H])([15n]2c([2H])[15n]c3c(=O)[15n]([2H])c([15N]([2H])[2H])[15n]c32)O[C@]([2H])(C([2H])([2H])OP(=O)([O-])[O-])[C@@]1([2H])O[2H].[Li+].[Li+]. The number of ether oxygens (including phenoxy) is 1. The maximum atomic E-state index is 12.5. The molecule has 4 atom stereocenters. The number of nitrogens with one attached hydrogen (secondary N) is 1. The molecule has 3 rings (SSSR count). The van der Waals surface area contributed by atoms with Gasteiger partial charge in [-0.05, 0) is 0 Å². The third kappa shape index (κ3) is 4.59. The first kappa shape index (κ1) is 10.8. The number of aromatic amines is 1. The number of aromatic nitrogens is 4. The molecule has 2 aromatic heterocycles. The van der Waals surface area contributed by atoms with E-state index in [1.54, 1.807) is 0 Å². The summed E-state index contributed by atoms with van der Waals surface area (Å²) in [7, 11) is -6.35. The maximum Gasteiger partial charge on any atom is 1.00 e. The smallest absolute Gasteiger partial charge is 0.790 e. The average Bonchev–Trinajstić information content (AvgIpc) is 3.14. The number of nitrogens with zero attached hydrogens (tertiary/aromatic N) is 3. The Bertz CT molecular complexity index is 1330. The van der Waals surface area contributed by atoms with Gasteiger partial charge in [-0.15, -0.1) is 0 Å². The number of nitrogen functional groups attached to an aromatic ring is 1. The molecule has 1 fully saturated rings. The molecule has 0 spiro atoms. The molecule has 1 aliphatic heterocycles. The van der Waals surface area contributed by atoms with Crippen LogP contribution in [0, 0.1) is 0 Å². The van der Waals surface area contributed by atoms with Crippen molar-refractivity contribution in [2.45, 2.75) is 24.4 Å². The number of phosphoric ester groups is 1. The van der Waals surface area contributed by atoms with E-state index in [0.29, 0.717) is 0 Å². The quantitative estimate of drug-likeness (QED) is 0.197. The van der Waals surface area contributed by atoms with Crippen molar-refractivity contribution in [1.29, 1.82) is 2.86 Å². The monoisotopic (exact) mass is 392 g/mol. The minimum atomic E-state index is -6.35. The fraction of sp³-hybridized carbons (Fsp3) is 0.500. The van der Waals surface area contributed by atoms with Crippen molar-refractivity contribution in [3.05, 3.63) is 16.7 Å². The van der Waals surface area contributed by atoms with Crippen LogP contribution in [0.15, 0.2) is 11.1 Å². The van der Waals surface area contributed by atoms with Crippen molar-refractivity contribution >= 4 is 24.9 Å². The molecule has 0 saturated carbocycles. The van der Waals surface area contributed by atoms with Gasteiger partial charge in [0.1, 0.15) is 19.6 Å². The second kappa shape index (κ2) is 8.56. The van der Waals surface area contributed by atoms with Gasteiger partial charge >= 0.3 is 37.7 Å². The van der Waals surface area contributed by atoms with Crippen molar-refractivity contribution in [2.75, 3.05) is 12.3 Å². The number of H-pyrrole nitrogens is 1. The molecule has 0 aromatic carbocycles. The predicted molar refractivity (Wildman–Crippen MR) is 72.0 cm³/mol. The largest absolute Gasteiger partial charge is 1.00 e. The van der Waals surface area contributed by atoms with Gasteiger partial charge in [0.25, 0.3) is 5.56 Å². The van der Waals surface area contributed by atoms with Crippen LogP contribution < -0.4 is 58.8 Å². The predicted octanol–water partition coefficient (Wildman–Crippen LogP) is -9.83. The molecule has 3 heterocycles. The Kier molecular flexibility index (Phi) is 3.55. The van der Waals surface area contributed by atoms with E-state index < -0.39 is 67.8 Å². The summed E-state index contributed by atoms with van der Waals surface area (Å²) in [6.45, 7) is -4.33. The van der Waals surface area contributed by atoms with Gasteiger partial charge in [-0.1, -0.05) is 0 Å². The van der Waals surface area contributed by atoms with Crippen LogP contribution in [0.2, 0.25) is 4.24 Å². The average molecular weight is 392 g/mol. The van der Waals surface area contributed by atoms with Crippen molar-refractivity contribution in [3.8, 4) is 0 Å². The van der Waals surface area contributed by atoms with Gasteiger partial charge in [0.15, 0.2) is 21.6 Å². The van der Waals surface area contributed by atoms with E-state index in [2.05, 4.69) is 24.7 Å². The van der Waals surface area contributed by atoms with Crippen LogP contribution in [0.3, 0.4) is 0 Å². The maximum absolute atomic E-state index is 12.5. The molecule has 132 valence electrons. The fourth-order valence-electron chi connectivity index (χ4n) is 1.66. The Morgan fingerprint density at radius 1 is 1.65 bits per heavy atom. The molecule has 1 saturated heterocycles.